The van der Waals surface area contributed by atoms with E-state index in [0.717, 1.165) is 23.2 Å². The first-order valence-corrected chi connectivity index (χ1v) is 6.90. The van der Waals surface area contributed by atoms with Crippen LogP contribution in [-0.4, -0.2) is 15.2 Å². The van der Waals surface area contributed by atoms with Crippen molar-refractivity contribution < 1.29 is 0 Å². The van der Waals surface area contributed by atoms with Crippen LogP contribution in [0.3, 0.4) is 0 Å². The molecule has 1 fully saturated rings. The van der Waals surface area contributed by atoms with Gasteiger partial charge >= 0.3 is 0 Å². The largest absolute Gasteiger partial charge is 0.286 e. The Morgan fingerprint density at radius 3 is 2.56 bits per heavy atom. The molecule has 5 heteroatoms. The quantitative estimate of drug-likeness (QED) is 0.835. The lowest BCUT2D eigenvalue weighted by molar-refractivity contribution is 0.585. The number of H-pyrrole nitrogens is 2. The lowest BCUT2D eigenvalue weighted by Gasteiger charge is -2.15. The third kappa shape index (κ3) is 2.65. The third-order valence-corrected chi connectivity index (χ3v) is 3.90. The summed E-state index contributed by atoms with van der Waals surface area (Å²) in [5.74, 6) is 2.22. The van der Waals surface area contributed by atoms with E-state index >= 15 is 0 Å². The highest BCUT2D eigenvalue weighted by Crippen LogP contribution is 2.44. The van der Waals surface area contributed by atoms with Crippen LogP contribution in [-0.2, 0) is 6.42 Å². The van der Waals surface area contributed by atoms with Crippen molar-refractivity contribution >= 4 is 23.8 Å². The van der Waals surface area contributed by atoms with Crippen LogP contribution in [0.5, 0.6) is 0 Å². The van der Waals surface area contributed by atoms with Crippen molar-refractivity contribution in [3.8, 4) is 0 Å². The summed E-state index contributed by atoms with van der Waals surface area (Å²) in [4.78, 5) is 4.28. The first kappa shape index (κ1) is 11.9. The van der Waals surface area contributed by atoms with Crippen LogP contribution >= 0.6 is 23.8 Å². The van der Waals surface area contributed by atoms with Gasteiger partial charge < -0.3 is 0 Å². The van der Waals surface area contributed by atoms with Crippen LogP contribution in [0.1, 0.15) is 30.1 Å². The Bertz CT molecular complexity index is 583. The highest BCUT2D eigenvalue weighted by atomic mass is 35.5. The molecule has 1 aromatic carbocycles. The van der Waals surface area contributed by atoms with Gasteiger partial charge in [-0.1, -0.05) is 23.7 Å². The molecule has 0 amide bonds. The molecular formula is C13H14ClN3S. The Balaban J connectivity index is 1.84. The van der Waals surface area contributed by atoms with Crippen molar-refractivity contribution in [3.05, 3.63) is 45.4 Å². The Morgan fingerprint density at radius 1 is 1.28 bits per heavy atom. The molecule has 1 saturated carbocycles. The number of hydrogen-bond acceptors (Lipinski definition) is 2. The summed E-state index contributed by atoms with van der Waals surface area (Å²) in [5, 5.41) is 6.67. The summed E-state index contributed by atoms with van der Waals surface area (Å²) in [5.41, 5.74) is 1.34. The molecule has 2 N–H and O–H groups in total. The predicted octanol–water partition coefficient (Wildman–Crippen LogP) is 3.86. The summed E-state index contributed by atoms with van der Waals surface area (Å²) in [6.07, 6.45) is 3.51. The fourth-order valence-electron chi connectivity index (χ4n) is 2.37. The minimum absolute atomic E-state index is 0.510. The maximum absolute atomic E-state index is 5.94. The van der Waals surface area contributed by atoms with E-state index < -0.39 is 0 Å². The molecule has 1 aromatic heterocycles. The first-order chi connectivity index (χ1) is 8.72. The molecule has 1 unspecified atom stereocenters. The van der Waals surface area contributed by atoms with Crippen LogP contribution in [0, 0.1) is 10.7 Å². The zero-order valence-corrected chi connectivity index (χ0v) is 11.4. The molecule has 0 aliphatic heterocycles. The zero-order valence-electron chi connectivity index (χ0n) is 9.82. The van der Waals surface area contributed by atoms with Gasteiger partial charge in [0.25, 0.3) is 0 Å². The summed E-state index contributed by atoms with van der Waals surface area (Å²) in [6.45, 7) is 0. The lowest BCUT2D eigenvalue weighted by atomic mass is 9.91. The number of benzene rings is 1. The van der Waals surface area contributed by atoms with E-state index in [9.17, 15) is 0 Å². The summed E-state index contributed by atoms with van der Waals surface area (Å²) < 4.78 is 0.524. The number of nitrogens with zero attached hydrogens (tertiary/aromatic N) is 1. The summed E-state index contributed by atoms with van der Waals surface area (Å²) in [7, 11) is 0. The van der Waals surface area contributed by atoms with E-state index in [-0.39, 0.29) is 0 Å². The van der Waals surface area contributed by atoms with E-state index in [0.29, 0.717) is 10.7 Å². The third-order valence-electron chi connectivity index (χ3n) is 3.45. The van der Waals surface area contributed by atoms with Crippen LogP contribution < -0.4 is 0 Å². The normalized spacial score (nSPS) is 16.7. The van der Waals surface area contributed by atoms with Crippen molar-refractivity contribution in [2.45, 2.75) is 25.2 Å². The Labute approximate surface area is 116 Å². The average molecular weight is 280 g/mol. The molecule has 3 rings (SSSR count). The lowest BCUT2D eigenvalue weighted by Crippen LogP contribution is -2.06. The molecule has 1 aliphatic carbocycles. The van der Waals surface area contributed by atoms with E-state index in [1.165, 1.54) is 18.4 Å². The van der Waals surface area contributed by atoms with Gasteiger partial charge in [0.2, 0.25) is 4.77 Å². The summed E-state index contributed by atoms with van der Waals surface area (Å²) in [6, 6.07) is 8.15. The SMILES string of the molecule is S=c1nc(CC(c2ccc(Cl)cc2)C2CC2)[nH][nH]1. The van der Waals surface area contributed by atoms with Gasteiger partial charge in [-0.25, -0.2) is 4.98 Å². The van der Waals surface area contributed by atoms with E-state index in [1.807, 2.05) is 12.1 Å². The first-order valence-electron chi connectivity index (χ1n) is 6.11. The number of aromatic amines is 2. The van der Waals surface area contributed by atoms with Crippen molar-refractivity contribution in [3.63, 3.8) is 0 Å². The molecule has 1 heterocycles. The van der Waals surface area contributed by atoms with Crippen LogP contribution in [0.4, 0.5) is 0 Å². The van der Waals surface area contributed by atoms with Crippen LogP contribution in [0.15, 0.2) is 24.3 Å². The molecule has 0 spiro atoms. The van der Waals surface area contributed by atoms with Crippen molar-refractivity contribution in [2.75, 3.05) is 0 Å². The zero-order chi connectivity index (χ0) is 12.5. The van der Waals surface area contributed by atoms with Gasteiger partial charge in [-0.15, -0.1) is 0 Å². The number of aromatic nitrogens is 3. The summed E-state index contributed by atoms with van der Waals surface area (Å²) >= 11 is 10.9. The van der Waals surface area contributed by atoms with Gasteiger partial charge in [-0.3, -0.25) is 10.2 Å². The van der Waals surface area contributed by atoms with Gasteiger partial charge in [0.1, 0.15) is 5.82 Å². The Kier molecular flexibility index (Phi) is 3.22. The predicted molar refractivity (Wildman–Crippen MR) is 74.4 cm³/mol. The smallest absolute Gasteiger partial charge is 0.213 e. The number of rotatable bonds is 4. The molecule has 18 heavy (non-hydrogen) atoms. The monoisotopic (exact) mass is 279 g/mol. The van der Waals surface area contributed by atoms with Gasteiger partial charge in [0.05, 0.1) is 0 Å². The number of halogens is 1. The van der Waals surface area contributed by atoms with Crippen LogP contribution in [0.25, 0.3) is 0 Å². The van der Waals surface area contributed by atoms with Crippen molar-refractivity contribution in [2.24, 2.45) is 5.92 Å². The molecule has 94 valence electrons. The molecule has 1 atom stereocenters. The molecular weight excluding hydrogens is 266 g/mol. The molecule has 0 bridgehead atoms. The molecule has 1 aliphatic rings. The minimum atomic E-state index is 0.510. The van der Waals surface area contributed by atoms with E-state index in [2.05, 4.69) is 27.3 Å². The van der Waals surface area contributed by atoms with E-state index in [1.54, 1.807) is 0 Å². The highest BCUT2D eigenvalue weighted by Gasteiger charge is 2.32. The van der Waals surface area contributed by atoms with Gasteiger partial charge in [0, 0.05) is 11.4 Å². The maximum Gasteiger partial charge on any atom is 0.213 e. The standard InChI is InChI=1S/C13H14ClN3S/c14-10-5-3-9(4-6-10)11(8-1-2-8)7-12-15-13(18)17-16-12/h3-6,8,11H,1-2,7H2,(H2,15,16,17,18). The minimum Gasteiger partial charge on any atom is -0.286 e. The fraction of sp³-hybridized carbons (Fsp3) is 0.385. The van der Waals surface area contributed by atoms with E-state index in [4.69, 9.17) is 23.8 Å². The molecule has 0 radical (unpaired) electrons. The fourth-order valence-corrected chi connectivity index (χ4v) is 2.66. The van der Waals surface area contributed by atoms with Gasteiger partial charge in [-0.2, -0.15) is 0 Å². The second-order valence-electron chi connectivity index (χ2n) is 4.81. The van der Waals surface area contributed by atoms with Gasteiger partial charge in [-0.05, 0) is 54.6 Å². The molecule has 2 aromatic rings. The number of nitrogens with one attached hydrogen (secondary N) is 2. The Hall–Kier alpha value is -1.13. The highest BCUT2D eigenvalue weighted by molar-refractivity contribution is 7.71. The van der Waals surface area contributed by atoms with Gasteiger partial charge in [0.15, 0.2) is 0 Å². The van der Waals surface area contributed by atoms with Crippen molar-refractivity contribution in [1.29, 1.82) is 0 Å². The second kappa shape index (κ2) is 4.86. The topological polar surface area (TPSA) is 44.5 Å². The number of hydrogen-bond donors (Lipinski definition) is 2. The maximum atomic E-state index is 5.94. The average Bonchev–Trinajstić information content (AvgIpc) is 3.12. The Morgan fingerprint density at radius 2 is 2.00 bits per heavy atom. The van der Waals surface area contributed by atoms with Crippen LogP contribution in [0.2, 0.25) is 5.02 Å². The second-order valence-corrected chi connectivity index (χ2v) is 5.64. The molecule has 3 nitrogen and oxygen atoms in total. The van der Waals surface area contributed by atoms with Crippen molar-refractivity contribution in [1.82, 2.24) is 15.2 Å². The molecule has 0 saturated heterocycles.